The number of hydrogen-bond acceptors (Lipinski definition) is 6. The molecule has 232 valence electrons. The van der Waals surface area contributed by atoms with Gasteiger partial charge in [-0.3, -0.25) is 19.5 Å². The number of amidine groups is 1. The fourth-order valence-corrected chi connectivity index (χ4v) is 8.48. The molecule has 42 heavy (non-hydrogen) atoms. The Morgan fingerprint density at radius 3 is 2.38 bits per heavy atom. The highest BCUT2D eigenvalue weighted by Gasteiger charge is 2.48. The quantitative estimate of drug-likeness (QED) is 0.467. The van der Waals surface area contributed by atoms with Crippen LogP contribution in [-0.2, 0) is 21.2 Å². The molecule has 1 spiro atoms. The number of piperazine rings is 1. The molecule has 2 saturated heterocycles. The number of sulfonamides is 1. The molecule has 2 amide bonds. The Kier molecular flexibility index (Phi) is 9.69. The standard InChI is InChI=1S/C31H46FN5O4S/c1-3-24-4-6-26(7-5-24)28-33-30(39)31(34-28)11-14-37(15-12-31)42(40,41)21-10-25-8-9-27(22-23(25)2)29(38)36-19-17-35(16-13-32)18-20-36/h8-9,22,24,26H,3-7,10-21H2,1-2H3,(H,33,34,39). The van der Waals surface area contributed by atoms with Gasteiger partial charge < -0.3 is 10.2 Å². The van der Waals surface area contributed by atoms with Crippen LogP contribution in [0, 0.1) is 18.8 Å². The summed E-state index contributed by atoms with van der Waals surface area (Å²) < 4.78 is 40.7. The van der Waals surface area contributed by atoms with Gasteiger partial charge in [0.2, 0.25) is 10.0 Å². The first-order chi connectivity index (χ1) is 20.1. The lowest BCUT2D eigenvalue weighted by Gasteiger charge is -2.35. The van der Waals surface area contributed by atoms with Crippen molar-refractivity contribution >= 4 is 27.7 Å². The van der Waals surface area contributed by atoms with Crippen molar-refractivity contribution in [3.05, 3.63) is 34.9 Å². The summed E-state index contributed by atoms with van der Waals surface area (Å²) in [5.41, 5.74) is 1.55. The van der Waals surface area contributed by atoms with Crippen LogP contribution in [0.25, 0.3) is 0 Å². The number of carbonyl (C=O) groups is 2. The Morgan fingerprint density at radius 1 is 1.07 bits per heavy atom. The van der Waals surface area contributed by atoms with E-state index in [1.165, 1.54) is 23.6 Å². The molecule has 3 aliphatic heterocycles. The summed E-state index contributed by atoms with van der Waals surface area (Å²) in [6.07, 6.45) is 6.83. The fourth-order valence-electron chi connectivity index (χ4n) is 7.01. The number of hydrogen-bond donors (Lipinski definition) is 1. The van der Waals surface area contributed by atoms with Gasteiger partial charge in [0.25, 0.3) is 11.8 Å². The minimum atomic E-state index is -3.51. The van der Waals surface area contributed by atoms with Crippen molar-refractivity contribution in [3.8, 4) is 0 Å². The number of halogens is 1. The lowest BCUT2D eigenvalue weighted by atomic mass is 9.80. The van der Waals surface area contributed by atoms with Crippen molar-refractivity contribution in [2.45, 2.75) is 70.8 Å². The molecule has 5 rings (SSSR count). The summed E-state index contributed by atoms with van der Waals surface area (Å²) in [6.45, 7) is 7.23. The molecular formula is C31H46FN5O4S. The van der Waals surface area contributed by atoms with Gasteiger partial charge in [0, 0.05) is 57.3 Å². The van der Waals surface area contributed by atoms with Gasteiger partial charge in [-0.25, -0.2) is 17.1 Å². The van der Waals surface area contributed by atoms with Crippen LogP contribution in [0.3, 0.4) is 0 Å². The first kappa shape index (κ1) is 31.1. The van der Waals surface area contributed by atoms with Crippen LogP contribution in [0.1, 0.15) is 73.4 Å². The van der Waals surface area contributed by atoms with Gasteiger partial charge in [0.15, 0.2) is 0 Å². The number of nitrogens with zero attached hydrogens (tertiary/aromatic N) is 4. The molecule has 0 bridgehead atoms. The van der Waals surface area contributed by atoms with E-state index in [9.17, 15) is 22.4 Å². The number of rotatable bonds is 9. The Morgan fingerprint density at radius 2 is 1.76 bits per heavy atom. The molecule has 3 fully saturated rings. The fraction of sp³-hybridized carbons (Fsp3) is 0.710. The van der Waals surface area contributed by atoms with Crippen molar-refractivity contribution < 1.29 is 22.4 Å². The van der Waals surface area contributed by atoms with Crippen LogP contribution >= 0.6 is 0 Å². The van der Waals surface area contributed by atoms with E-state index < -0.39 is 15.6 Å². The van der Waals surface area contributed by atoms with Crippen molar-refractivity contribution in [2.75, 3.05) is 58.2 Å². The maximum atomic E-state index is 13.3. The van der Waals surface area contributed by atoms with E-state index >= 15 is 0 Å². The third-order valence-corrected chi connectivity index (χ3v) is 11.9. The predicted molar refractivity (Wildman–Crippen MR) is 162 cm³/mol. The SMILES string of the molecule is CCC1CCC(C2=NC3(CCN(S(=O)(=O)CCc4ccc(C(=O)N5CCN(CCF)CC5)cc4C)CC3)C(=O)N2)CC1. The number of benzene rings is 1. The van der Waals surface area contributed by atoms with E-state index in [-0.39, 0.29) is 24.2 Å². The molecule has 0 aromatic heterocycles. The predicted octanol–water partition coefficient (Wildman–Crippen LogP) is 3.17. The van der Waals surface area contributed by atoms with E-state index in [2.05, 4.69) is 12.2 Å². The van der Waals surface area contributed by atoms with E-state index in [1.54, 1.807) is 11.0 Å². The number of aliphatic imine (C=N–C) groups is 1. The Bertz CT molecular complexity index is 1280. The summed E-state index contributed by atoms with van der Waals surface area (Å²) >= 11 is 0. The molecule has 9 nitrogen and oxygen atoms in total. The second-order valence-electron chi connectivity index (χ2n) is 12.5. The van der Waals surface area contributed by atoms with Crippen LogP contribution in [0.5, 0.6) is 0 Å². The smallest absolute Gasteiger partial charge is 0.253 e. The third kappa shape index (κ3) is 6.73. The average Bonchev–Trinajstić information content (AvgIpc) is 3.31. The highest BCUT2D eigenvalue weighted by Crippen LogP contribution is 2.36. The first-order valence-electron chi connectivity index (χ1n) is 15.7. The van der Waals surface area contributed by atoms with Gasteiger partial charge in [0.1, 0.15) is 18.0 Å². The number of amides is 2. The summed E-state index contributed by atoms with van der Waals surface area (Å²) in [4.78, 5) is 34.7. The number of piperidine rings is 1. The monoisotopic (exact) mass is 603 g/mol. The zero-order valence-electron chi connectivity index (χ0n) is 25.1. The topological polar surface area (TPSA) is 102 Å². The molecule has 0 radical (unpaired) electrons. The summed E-state index contributed by atoms with van der Waals surface area (Å²) in [5.74, 6) is 1.76. The summed E-state index contributed by atoms with van der Waals surface area (Å²) in [7, 11) is -3.51. The molecular weight excluding hydrogens is 557 g/mol. The van der Waals surface area contributed by atoms with Crippen LogP contribution in [-0.4, -0.2) is 104 Å². The van der Waals surface area contributed by atoms with E-state index in [4.69, 9.17) is 4.99 Å². The lowest BCUT2D eigenvalue weighted by molar-refractivity contribution is -0.125. The normalized spacial score (nSPS) is 25.5. The molecule has 1 N–H and O–H groups in total. The highest BCUT2D eigenvalue weighted by atomic mass is 32.2. The average molecular weight is 604 g/mol. The van der Waals surface area contributed by atoms with Gasteiger partial charge in [0.05, 0.1) is 5.75 Å². The van der Waals surface area contributed by atoms with Crippen LogP contribution in [0.15, 0.2) is 23.2 Å². The third-order valence-electron chi connectivity index (χ3n) is 10.0. The zero-order chi connectivity index (χ0) is 29.9. The van der Waals surface area contributed by atoms with E-state index in [0.29, 0.717) is 76.6 Å². The second kappa shape index (κ2) is 13.1. The second-order valence-corrected chi connectivity index (χ2v) is 14.6. The number of nitrogens with one attached hydrogen (secondary N) is 1. The Balaban J connectivity index is 1.13. The lowest BCUT2D eigenvalue weighted by Crippen LogP contribution is -2.51. The molecule has 1 saturated carbocycles. The van der Waals surface area contributed by atoms with Crippen molar-refractivity contribution in [1.29, 1.82) is 0 Å². The molecule has 0 unspecified atom stereocenters. The zero-order valence-corrected chi connectivity index (χ0v) is 25.9. The van der Waals surface area contributed by atoms with Crippen LogP contribution < -0.4 is 5.32 Å². The molecule has 1 aromatic rings. The largest absolute Gasteiger partial charge is 0.336 e. The van der Waals surface area contributed by atoms with Gasteiger partial charge in [-0.05, 0) is 81.0 Å². The highest BCUT2D eigenvalue weighted by molar-refractivity contribution is 7.89. The number of alkyl halides is 1. The summed E-state index contributed by atoms with van der Waals surface area (Å²) in [6, 6.07) is 5.47. The van der Waals surface area contributed by atoms with Gasteiger partial charge in [-0.2, -0.15) is 0 Å². The molecule has 1 aliphatic carbocycles. The van der Waals surface area contributed by atoms with Crippen molar-refractivity contribution in [2.24, 2.45) is 16.8 Å². The van der Waals surface area contributed by atoms with E-state index in [0.717, 1.165) is 35.7 Å². The minimum Gasteiger partial charge on any atom is -0.336 e. The van der Waals surface area contributed by atoms with Crippen LogP contribution in [0.2, 0.25) is 0 Å². The molecule has 3 heterocycles. The summed E-state index contributed by atoms with van der Waals surface area (Å²) in [5, 5.41) is 3.06. The van der Waals surface area contributed by atoms with Crippen molar-refractivity contribution in [3.63, 3.8) is 0 Å². The Hall–Kier alpha value is -2.37. The molecule has 11 heteroatoms. The van der Waals surface area contributed by atoms with Gasteiger partial charge >= 0.3 is 0 Å². The molecule has 0 atom stereocenters. The maximum Gasteiger partial charge on any atom is 0.253 e. The molecule has 1 aromatic carbocycles. The van der Waals surface area contributed by atoms with Crippen LogP contribution in [0.4, 0.5) is 4.39 Å². The number of carbonyl (C=O) groups excluding carboxylic acids is 2. The molecule has 4 aliphatic rings. The van der Waals surface area contributed by atoms with Gasteiger partial charge in [-0.1, -0.05) is 19.4 Å². The minimum absolute atomic E-state index is 0.0218. The van der Waals surface area contributed by atoms with Gasteiger partial charge in [-0.15, -0.1) is 0 Å². The number of aryl methyl sites for hydroxylation is 2. The van der Waals surface area contributed by atoms with E-state index in [1.807, 2.05) is 24.0 Å². The Labute approximate surface area is 250 Å². The first-order valence-corrected chi connectivity index (χ1v) is 17.3. The maximum absolute atomic E-state index is 13.3. The van der Waals surface area contributed by atoms with Crippen molar-refractivity contribution in [1.82, 2.24) is 19.4 Å².